The summed E-state index contributed by atoms with van der Waals surface area (Å²) in [5, 5.41) is 2.76. The molecule has 2 atom stereocenters. The zero-order valence-corrected chi connectivity index (χ0v) is 18.2. The number of pyridine rings is 1. The summed E-state index contributed by atoms with van der Waals surface area (Å²) in [7, 11) is 0. The lowest BCUT2D eigenvalue weighted by molar-refractivity contribution is -0.138. The average molecular weight is 467 g/mol. The molecule has 2 aromatic rings. The molecule has 1 aliphatic rings. The van der Waals surface area contributed by atoms with Gasteiger partial charge in [0.1, 0.15) is 5.69 Å². The average Bonchev–Trinajstić information content (AvgIpc) is 2.72. The second-order valence-electron chi connectivity index (χ2n) is 7.94. The molecule has 1 fully saturated rings. The van der Waals surface area contributed by atoms with E-state index in [-0.39, 0.29) is 18.2 Å². The number of aromatic nitrogens is 3. The molecule has 176 valence electrons. The number of carbonyl (C=O) groups excluding carboxylic acids is 1. The molecule has 0 aliphatic carbocycles. The molecule has 1 aliphatic heterocycles. The van der Waals surface area contributed by atoms with Crippen molar-refractivity contribution < 1.29 is 26.7 Å². The first kappa shape index (κ1) is 24.4. The van der Waals surface area contributed by atoms with E-state index < -0.39 is 48.5 Å². The molecule has 2 aromatic heterocycles. The van der Waals surface area contributed by atoms with Crippen LogP contribution in [-0.4, -0.2) is 50.8 Å². The topological polar surface area (TPSA) is 71.0 Å². The second kappa shape index (κ2) is 9.29. The normalized spacial score (nSPS) is 20.1. The number of anilines is 1. The van der Waals surface area contributed by atoms with Crippen molar-refractivity contribution in [1.29, 1.82) is 0 Å². The van der Waals surface area contributed by atoms with E-state index in [1.807, 2.05) is 0 Å². The molecule has 0 radical (unpaired) electrons. The van der Waals surface area contributed by atoms with E-state index in [1.165, 1.54) is 0 Å². The van der Waals surface area contributed by atoms with Gasteiger partial charge in [-0.25, -0.2) is 23.7 Å². The van der Waals surface area contributed by atoms with Crippen LogP contribution in [0.15, 0.2) is 24.5 Å². The van der Waals surface area contributed by atoms with Gasteiger partial charge in [0, 0.05) is 31.1 Å². The molecular formula is C22H22F5N5O. The van der Waals surface area contributed by atoms with Crippen LogP contribution < -0.4 is 5.32 Å². The monoisotopic (exact) mass is 467 g/mol. The van der Waals surface area contributed by atoms with Gasteiger partial charge in [0.25, 0.3) is 11.8 Å². The minimum Gasteiger partial charge on any atom is -0.352 e. The third-order valence-electron chi connectivity index (χ3n) is 5.29. The minimum absolute atomic E-state index is 0.0231. The minimum atomic E-state index is -4.58. The number of hydrogen-bond donors (Lipinski definition) is 1. The number of hydrogen-bond acceptors (Lipinski definition) is 5. The predicted octanol–water partition coefficient (Wildman–Crippen LogP) is 4.17. The van der Waals surface area contributed by atoms with Gasteiger partial charge in [-0.05, 0) is 31.9 Å². The number of alkyl halides is 5. The lowest BCUT2D eigenvalue weighted by Gasteiger charge is -2.43. The Kier molecular flexibility index (Phi) is 6.86. The summed E-state index contributed by atoms with van der Waals surface area (Å²) < 4.78 is 66.9. The molecule has 3 heterocycles. The van der Waals surface area contributed by atoms with Gasteiger partial charge >= 0.3 is 6.18 Å². The fraction of sp³-hybridized carbons (Fsp3) is 0.455. The van der Waals surface area contributed by atoms with Crippen LogP contribution >= 0.6 is 0 Å². The van der Waals surface area contributed by atoms with Crippen molar-refractivity contribution in [2.75, 3.05) is 18.4 Å². The number of carbonyl (C=O) groups is 1. The Hall–Kier alpha value is -3.29. The zero-order valence-electron chi connectivity index (χ0n) is 18.2. The second-order valence-corrected chi connectivity index (χ2v) is 7.94. The number of piperidine rings is 1. The number of halogens is 5. The molecule has 1 N–H and O–H groups in total. The van der Waals surface area contributed by atoms with Gasteiger partial charge < -0.3 is 10.2 Å². The van der Waals surface area contributed by atoms with Gasteiger partial charge in [-0.15, -0.1) is 5.92 Å². The maximum Gasteiger partial charge on any atom is 0.419 e. The molecule has 0 bridgehead atoms. The smallest absolute Gasteiger partial charge is 0.352 e. The van der Waals surface area contributed by atoms with Crippen LogP contribution in [0.3, 0.4) is 0 Å². The quantitative estimate of drug-likeness (QED) is 0.540. The molecule has 0 unspecified atom stereocenters. The molecule has 11 heteroatoms. The Labute approximate surface area is 187 Å². The molecule has 1 amide bonds. The molecule has 0 aromatic carbocycles. The van der Waals surface area contributed by atoms with Gasteiger partial charge in [0.15, 0.2) is 0 Å². The van der Waals surface area contributed by atoms with E-state index in [0.717, 1.165) is 4.90 Å². The van der Waals surface area contributed by atoms with Crippen LogP contribution in [0.25, 0.3) is 0 Å². The lowest BCUT2D eigenvalue weighted by Crippen LogP contribution is -2.57. The van der Waals surface area contributed by atoms with Gasteiger partial charge in [0.05, 0.1) is 23.7 Å². The highest BCUT2D eigenvalue weighted by atomic mass is 19.4. The van der Waals surface area contributed by atoms with Crippen molar-refractivity contribution in [2.45, 2.75) is 45.3 Å². The van der Waals surface area contributed by atoms with Crippen molar-refractivity contribution in [3.05, 3.63) is 47.0 Å². The SMILES string of the molecule is CC#Cc1ccc(C)nc1C(=O)N1CC(F)(F)C[C@@H](C)[C@H]1CNc1ncc(C(F)(F)F)cn1. The van der Waals surface area contributed by atoms with Crippen LogP contribution in [0.1, 0.15) is 47.6 Å². The standard InChI is InChI=1S/C22H22F5N5O/c1-4-5-15-7-6-14(3)31-18(15)19(33)32-12-21(23,24)8-13(2)17(32)11-30-20-28-9-16(10-29-20)22(25,26)27/h6-7,9-10,13,17H,8,11-12H2,1-3H3,(H,28,29,30)/t13-,17-/m1/s1. The Bertz CT molecular complexity index is 1080. The Morgan fingerprint density at radius 1 is 1.27 bits per heavy atom. The molecule has 1 saturated heterocycles. The number of amides is 1. The van der Waals surface area contributed by atoms with Crippen molar-refractivity contribution in [2.24, 2.45) is 5.92 Å². The van der Waals surface area contributed by atoms with Gasteiger partial charge in [-0.1, -0.05) is 12.8 Å². The first-order chi connectivity index (χ1) is 15.4. The summed E-state index contributed by atoms with van der Waals surface area (Å²) in [6.07, 6.45) is -3.77. The van der Waals surface area contributed by atoms with E-state index in [2.05, 4.69) is 32.1 Å². The first-order valence-electron chi connectivity index (χ1n) is 10.1. The van der Waals surface area contributed by atoms with Crippen LogP contribution in [0.5, 0.6) is 0 Å². The molecule has 0 saturated carbocycles. The van der Waals surface area contributed by atoms with Crippen LogP contribution in [0.4, 0.5) is 27.9 Å². The number of likely N-dealkylation sites (tertiary alicyclic amines) is 1. The maximum absolute atomic E-state index is 14.4. The Morgan fingerprint density at radius 3 is 2.55 bits per heavy atom. The molecule has 3 rings (SSSR count). The lowest BCUT2D eigenvalue weighted by atomic mass is 9.88. The van der Waals surface area contributed by atoms with Crippen molar-refractivity contribution >= 4 is 11.9 Å². The number of rotatable bonds is 4. The van der Waals surface area contributed by atoms with E-state index in [0.29, 0.717) is 23.7 Å². The summed E-state index contributed by atoms with van der Waals surface area (Å²) in [6, 6.07) is 2.58. The number of nitrogens with zero attached hydrogens (tertiary/aromatic N) is 4. The predicted molar refractivity (Wildman–Crippen MR) is 111 cm³/mol. The third-order valence-corrected chi connectivity index (χ3v) is 5.29. The highest BCUT2D eigenvalue weighted by Crippen LogP contribution is 2.35. The fourth-order valence-electron chi connectivity index (χ4n) is 3.73. The summed E-state index contributed by atoms with van der Waals surface area (Å²) in [5.74, 6) is 0.934. The first-order valence-corrected chi connectivity index (χ1v) is 10.1. The molecule has 0 spiro atoms. The van der Waals surface area contributed by atoms with Gasteiger partial charge in [-0.2, -0.15) is 13.2 Å². The summed E-state index contributed by atoms with van der Waals surface area (Å²) in [5.41, 5.74) is -0.173. The maximum atomic E-state index is 14.4. The third kappa shape index (κ3) is 5.74. The van der Waals surface area contributed by atoms with Crippen molar-refractivity contribution in [3.63, 3.8) is 0 Å². The zero-order chi connectivity index (χ0) is 24.4. The highest BCUT2D eigenvalue weighted by molar-refractivity contribution is 5.95. The summed E-state index contributed by atoms with van der Waals surface area (Å²) >= 11 is 0. The van der Waals surface area contributed by atoms with Crippen molar-refractivity contribution in [3.8, 4) is 11.8 Å². The highest BCUT2D eigenvalue weighted by Gasteiger charge is 2.46. The molecule has 33 heavy (non-hydrogen) atoms. The van der Waals surface area contributed by atoms with E-state index in [1.54, 1.807) is 32.9 Å². The summed E-state index contributed by atoms with van der Waals surface area (Å²) in [4.78, 5) is 25.9. The molecule has 6 nitrogen and oxygen atoms in total. The largest absolute Gasteiger partial charge is 0.419 e. The van der Waals surface area contributed by atoms with Crippen molar-refractivity contribution in [1.82, 2.24) is 19.9 Å². The van der Waals surface area contributed by atoms with E-state index in [4.69, 9.17) is 0 Å². The van der Waals surface area contributed by atoms with Crippen LogP contribution in [-0.2, 0) is 6.18 Å². The molecular weight excluding hydrogens is 445 g/mol. The van der Waals surface area contributed by atoms with E-state index >= 15 is 0 Å². The fourth-order valence-corrected chi connectivity index (χ4v) is 3.73. The Balaban J connectivity index is 1.87. The number of aryl methyl sites for hydroxylation is 1. The van der Waals surface area contributed by atoms with Crippen LogP contribution in [0, 0.1) is 24.7 Å². The summed E-state index contributed by atoms with van der Waals surface area (Å²) in [6.45, 7) is 4.00. The van der Waals surface area contributed by atoms with E-state index in [9.17, 15) is 26.7 Å². The number of nitrogens with one attached hydrogen (secondary N) is 1. The van der Waals surface area contributed by atoms with Crippen LogP contribution in [0.2, 0.25) is 0 Å². The Morgan fingerprint density at radius 2 is 1.94 bits per heavy atom. The van der Waals surface area contributed by atoms with Gasteiger partial charge in [-0.3, -0.25) is 4.79 Å². The van der Waals surface area contributed by atoms with Gasteiger partial charge in [0.2, 0.25) is 5.95 Å².